The first kappa shape index (κ1) is 15.5. The molecule has 1 unspecified atom stereocenters. The van der Waals surface area contributed by atoms with Gasteiger partial charge in [-0.05, 0) is 41.8 Å². The highest BCUT2D eigenvalue weighted by Crippen LogP contribution is 2.46. The van der Waals surface area contributed by atoms with E-state index in [1.54, 1.807) is 0 Å². The second-order valence-electron chi connectivity index (χ2n) is 7.51. The van der Waals surface area contributed by atoms with E-state index >= 15 is 0 Å². The van der Waals surface area contributed by atoms with Gasteiger partial charge in [-0.3, -0.25) is 0 Å². The Labute approximate surface area is 164 Å². The third-order valence-electron chi connectivity index (χ3n) is 5.98. The highest BCUT2D eigenvalue weighted by molar-refractivity contribution is 5.92. The Morgan fingerprint density at radius 3 is 2.29 bits per heavy atom. The van der Waals surface area contributed by atoms with Crippen LogP contribution in [-0.4, -0.2) is 9.55 Å². The van der Waals surface area contributed by atoms with Crippen LogP contribution in [0.4, 0.5) is 0 Å². The van der Waals surface area contributed by atoms with E-state index in [2.05, 4.69) is 107 Å². The molecule has 2 heterocycles. The van der Waals surface area contributed by atoms with Gasteiger partial charge in [-0.25, -0.2) is 0 Å². The standard InChI is InChI=1S/C26H20N2/c1-3-9-18(10-4-1)22-17-23-20-13-7-8-14-24(20)27-25(23)21-15-16-28(26(21)22)19-11-5-2-6-12-19/h1-16,22,27H,17H2. The van der Waals surface area contributed by atoms with Crippen molar-refractivity contribution in [2.24, 2.45) is 0 Å². The summed E-state index contributed by atoms with van der Waals surface area (Å²) in [5.74, 6) is 0.332. The minimum absolute atomic E-state index is 0.332. The predicted molar refractivity (Wildman–Crippen MR) is 115 cm³/mol. The van der Waals surface area contributed by atoms with Crippen LogP contribution in [0.3, 0.4) is 0 Å². The number of benzene rings is 3. The second kappa shape index (κ2) is 6.00. The van der Waals surface area contributed by atoms with E-state index in [4.69, 9.17) is 0 Å². The molecule has 1 aliphatic carbocycles. The smallest absolute Gasteiger partial charge is 0.0516 e. The third kappa shape index (κ3) is 2.21. The molecule has 3 aromatic carbocycles. The average Bonchev–Trinajstić information content (AvgIpc) is 3.36. The minimum atomic E-state index is 0.332. The molecule has 2 nitrogen and oxygen atoms in total. The van der Waals surface area contributed by atoms with Crippen LogP contribution in [0.5, 0.6) is 0 Å². The number of fused-ring (bicyclic) bond motifs is 5. The van der Waals surface area contributed by atoms with Gasteiger partial charge in [-0.15, -0.1) is 0 Å². The van der Waals surface area contributed by atoms with Crippen molar-refractivity contribution in [3.63, 3.8) is 0 Å². The molecule has 5 aromatic rings. The van der Waals surface area contributed by atoms with Gasteiger partial charge in [0.1, 0.15) is 0 Å². The summed E-state index contributed by atoms with van der Waals surface area (Å²) in [5, 5.41) is 1.34. The summed E-state index contributed by atoms with van der Waals surface area (Å²) >= 11 is 0. The van der Waals surface area contributed by atoms with Crippen LogP contribution in [0.2, 0.25) is 0 Å². The number of hydrogen-bond acceptors (Lipinski definition) is 0. The lowest BCUT2D eigenvalue weighted by Gasteiger charge is -2.26. The largest absolute Gasteiger partial charge is 0.354 e. The monoisotopic (exact) mass is 360 g/mol. The summed E-state index contributed by atoms with van der Waals surface area (Å²) in [6.45, 7) is 0. The van der Waals surface area contributed by atoms with Gasteiger partial charge in [-0.1, -0.05) is 66.7 Å². The zero-order chi connectivity index (χ0) is 18.5. The van der Waals surface area contributed by atoms with E-state index < -0.39 is 0 Å². The molecular weight excluding hydrogens is 340 g/mol. The molecular formula is C26H20N2. The zero-order valence-electron chi connectivity index (χ0n) is 15.5. The molecule has 1 aliphatic rings. The molecule has 0 bridgehead atoms. The fraction of sp³-hybridized carbons (Fsp3) is 0.0769. The summed E-state index contributed by atoms with van der Waals surface area (Å²) in [6.07, 6.45) is 3.23. The Bertz CT molecular complexity index is 1280. The Morgan fingerprint density at radius 1 is 0.750 bits per heavy atom. The molecule has 1 N–H and O–H groups in total. The fourth-order valence-electron chi connectivity index (χ4n) is 4.73. The molecule has 0 aliphatic heterocycles. The molecule has 2 heteroatoms. The number of aromatic amines is 1. The normalized spacial score (nSPS) is 15.4. The molecule has 134 valence electrons. The molecule has 0 saturated carbocycles. The van der Waals surface area contributed by atoms with Crippen LogP contribution in [0.15, 0.2) is 97.2 Å². The Kier molecular flexibility index (Phi) is 3.33. The van der Waals surface area contributed by atoms with Gasteiger partial charge in [0, 0.05) is 40.0 Å². The number of H-pyrrole nitrogens is 1. The number of nitrogens with zero attached hydrogens (tertiary/aromatic N) is 1. The molecule has 28 heavy (non-hydrogen) atoms. The molecule has 0 radical (unpaired) electrons. The molecule has 0 fully saturated rings. The van der Waals surface area contributed by atoms with Crippen LogP contribution in [0.1, 0.15) is 22.7 Å². The third-order valence-corrected chi connectivity index (χ3v) is 5.98. The maximum absolute atomic E-state index is 3.70. The lowest BCUT2D eigenvalue weighted by Crippen LogP contribution is -2.15. The summed E-state index contributed by atoms with van der Waals surface area (Å²) in [5.41, 5.74) is 9.20. The molecule has 0 saturated heterocycles. The van der Waals surface area contributed by atoms with E-state index in [9.17, 15) is 0 Å². The van der Waals surface area contributed by atoms with E-state index in [1.165, 1.54) is 44.7 Å². The Morgan fingerprint density at radius 2 is 1.46 bits per heavy atom. The summed E-state index contributed by atoms with van der Waals surface area (Å²) in [6, 6.07) is 32.5. The van der Waals surface area contributed by atoms with Crippen molar-refractivity contribution in [3.8, 4) is 16.9 Å². The van der Waals surface area contributed by atoms with E-state index in [1.807, 2.05) is 0 Å². The summed E-state index contributed by atoms with van der Waals surface area (Å²) < 4.78 is 2.36. The SMILES string of the molecule is c1ccc(C2Cc3c([nH]c4ccccc34)-c3ccn(-c4ccccc4)c32)cc1. The van der Waals surface area contributed by atoms with Crippen LogP contribution in [-0.2, 0) is 6.42 Å². The van der Waals surface area contributed by atoms with Crippen molar-refractivity contribution in [2.75, 3.05) is 0 Å². The average molecular weight is 360 g/mol. The Balaban J connectivity index is 1.65. The van der Waals surface area contributed by atoms with Gasteiger partial charge in [0.05, 0.1) is 5.69 Å². The van der Waals surface area contributed by atoms with Crippen LogP contribution < -0.4 is 0 Å². The number of hydrogen-bond donors (Lipinski definition) is 1. The molecule has 1 atom stereocenters. The van der Waals surface area contributed by atoms with Crippen LogP contribution in [0, 0.1) is 0 Å². The lowest BCUT2D eigenvalue weighted by molar-refractivity contribution is 0.742. The number of para-hydroxylation sites is 2. The summed E-state index contributed by atoms with van der Waals surface area (Å²) in [4.78, 5) is 3.70. The molecule has 2 aromatic heterocycles. The lowest BCUT2D eigenvalue weighted by atomic mass is 9.81. The molecule has 0 amide bonds. The number of rotatable bonds is 2. The van der Waals surface area contributed by atoms with Crippen molar-refractivity contribution in [3.05, 3.63) is 114 Å². The first-order valence-corrected chi connectivity index (χ1v) is 9.82. The quantitative estimate of drug-likeness (QED) is 0.381. The van der Waals surface area contributed by atoms with Crippen molar-refractivity contribution in [1.29, 1.82) is 0 Å². The van der Waals surface area contributed by atoms with Gasteiger partial charge in [0.2, 0.25) is 0 Å². The van der Waals surface area contributed by atoms with Crippen molar-refractivity contribution in [2.45, 2.75) is 12.3 Å². The van der Waals surface area contributed by atoms with Crippen molar-refractivity contribution >= 4 is 10.9 Å². The van der Waals surface area contributed by atoms with Gasteiger partial charge < -0.3 is 9.55 Å². The van der Waals surface area contributed by atoms with Crippen molar-refractivity contribution in [1.82, 2.24) is 9.55 Å². The van der Waals surface area contributed by atoms with Crippen molar-refractivity contribution < 1.29 is 0 Å². The highest BCUT2D eigenvalue weighted by Gasteiger charge is 2.31. The van der Waals surface area contributed by atoms with E-state index in [-0.39, 0.29) is 0 Å². The minimum Gasteiger partial charge on any atom is -0.354 e. The highest BCUT2D eigenvalue weighted by atomic mass is 15.0. The topological polar surface area (TPSA) is 20.7 Å². The fourth-order valence-corrected chi connectivity index (χ4v) is 4.73. The predicted octanol–water partition coefficient (Wildman–Crippen LogP) is 6.31. The maximum atomic E-state index is 3.70. The number of nitrogens with one attached hydrogen (secondary N) is 1. The molecule has 0 spiro atoms. The number of aromatic nitrogens is 2. The maximum Gasteiger partial charge on any atom is 0.0516 e. The molecule has 6 rings (SSSR count). The second-order valence-corrected chi connectivity index (χ2v) is 7.51. The zero-order valence-corrected chi connectivity index (χ0v) is 15.5. The summed E-state index contributed by atoms with van der Waals surface area (Å²) in [7, 11) is 0. The first-order chi connectivity index (χ1) is 13.9. The van der Waals surface area contributed by atoms with Gasteiger partial charge in [0.15, 0.2) is 0 Å². The van der Waals surface area contributed by atoms with Gasteiger partial charge >= 0.3 is 0 Å². The Hall–Kier alpha value is -3.52. The van der Waals surface area contributed by atoms with E-state index in [0.717, 1.165) is 6.42 Å². The van der Waals surface area contributed by atoms with Crippen LogP contribution in [0.25, 0.3) is 27.8 Å². The van der Waals surface area contributed by atoms with Gasteiger partial charge in [0.25, 0.3) is 0 Å². The van der Waals surface area contributed by atoms with Gasteiger partial charge in [-0.2, -0.15) is 0 Å². The van der Waals surface area contributed by atoms with Crippen LogP contribution >= 0.6 is 0 Å². The first-order valence-electron chi connectivity index (χ1n) is 9.82. The van der Waals surface area contributed by atoms with E-state index in [0.29, 0.717) is 5.92 Å².